The monoisotopic (exact) mass is 445 g/mol. The number of benzene rings is 2. The van der Waals surface area contributed by atoms with E-state index in [1.54, 1.807) is 0 Å². The van der Waals surface area contributed by atoms with Gasteiger partial charge in [0, 0.05) is 6.54 Å². The molecule has 0 amide bonds. The molecule has 1 fully saturated rings. The van der Waals surface area contributed by atoms with Crippen LogP contribution in [0.3, 0.4) is 0 Å². The van der Waals surface area contributed by atoms with Gasteiger partial charge in [0.05, 0.1) is 35.5 Å². The van der Waals surface area contributed by atoms with Crippen molar-refractivity contribution in [3.63, 3.8) is 0 Å². The van der Waals surface area contributed by atoms with Gasteiger partial charge in [-0.1, -0.05) is 41.7 Å². The molecule has 1 saturated heterocycles. The van der Waals surface area contributed by atoms with Gasteiger partial charge in [-0.25, -0.2) is 14.6 Å². The van der Waals surface area contributed by atoms with Gasteiger partial charge in [-0.15, -0.1) is 0 Å². The molecule has 0 bridgehead atoms. The maximum Gasteiger partial charge on any atom is 0.416 e. The van der Waals surface area contributed by atoms with Gasteiger partial charge in [-0.3, -0.25) is 0 Å². The van der Waals surface area contributed by atoms with Gasteiger partial charge in [-0.05, 0) is 23.8 Å². The van der Waals surface area contributed by atoms with Crippen LogP contribution in [0.4, 0.5) is 18.3 Å². The average molecular weight is 445 g/mol. The summed E-state index contributed by atoms with van der Waals surface area (Å²) in [5, 5.41) is 5.03. The first-order valence-electron chi connectivity index (χ1n) is 9.73. The molecular weight excluding hydrogens is 427 g/mol. The van der Waals surface area contributed by atoms with Gasteiger partial charge in [-0.2, -0.15) is 18.3 Å². The smallest absolute Gasteiger partial charge is 0.377 e. The van der Waals surface area contributed by atoms with E-state index in [9.17, 15) is 13.2 Å². The second kappa shape index (κ2) is 7.93. The van der Waals surface area contributed by atoms with Crippen molar-refractivity contribution in [3.05, 3.63) is 71.8 Å². The van der Waals surface area contributed by atoms with Crippen LogP contribution in [0.25, 0.3) is 10.2 Å². The number of aromatic nitrogens is 4. The Morgan fingerprint density at radius 2 is 1.97 bits per heavy atom. The minimum Gasteiger partial charge on any atom is -0.377 e. The summed E-state index contributed by atoms with van der Waals surface area (Å²) in [7, 11) is 0. The Labute approximate surface area is 179 Å². The summed E-state index contributed by atoms with van der Waals surface area (Å²) in [5.41, 5.74) is 0.737. The van der Waals surface area contributed by atoms with E-state index in [1.165, 1.54) is 23.7 Å². The lowest BCUT2D eigenvalue weighted by Gasteiger charge is -2.34. The highest BCUT2D eigenvalue weighted by Gasteiger charge is 2.33. The minimum absolute atomic E-state index is 0.234. The lowest BCUT2D eigenvalue weighted by atomic mass is 10.2. The number of ether oxygens (including phenoxy) is 1. The number of morpholine rings is 1. The fraction of sp³-hybridized carbons (Fsp3) is 0.286. The third-order valence-corrected chi connectivity index (χ3v) is 6.27. The molecule has 31 heavy (non-hydrogen) atoms. The summed E-state index contributed by atoms with van der Waals surface area (Å²) >= 11 is 1.37. The number of hydrogen-bond donors (Lipinski definition) is 0. The minimum atomic E-state index is -4.40. The molecule has 10 heteroatoms. The van der Waals surface area contributed by atoms with E-state index in [4.69, 9.17) is 4.74 Å². The molecular formula is C21H18F3N5OS. The van der Waals surface area contributed by atoms with E-state index in [-0.39, 0.29) is 6.04 Å². The predicted molar refractivity (Wildman–Crippen MR) is 111 cm³/mol. The standard InChI is InChI=1S/C21H18F3N5OS/c22-21(23,24)15-6-7-18-16(10-15)27-20(31-18)28-8-9-30-12-17(28)19-25-13-26-29(19)11-14-4-2-1-3-5-14/h1-7,10,13,17H,8-9,11-12H2. The number of halogens is 3. The van der Waals surface area contributed by atoms with Crippen molar-refractivity contribution in [2.45, 2.75) is 18.8 Å². The predicted octanol–water partition coefficient (Wildman–Crippen LogP) is 4.53. The third kappa shape index (κ3) is 4.00. The Bertz CT molecular complexity index is 1190. The number of hydrogen-bond acceptors (Lipinski definition) is 6. The highest BCUT2D eigenvalue weighted by Crippen LogP contribution is 2.37. The number of alkyl halides is 3. The normalized spacial score (nSPS) is 17.4. The van der Waals surface area contributed by atoms with Gasteiger partial charge >= 0.3 is 6.18 Å². The second-order valence-corrected chi connectivity index (χ2v) is 8.23. The number of rotatable bonds is 4. The van der Waals surface area contributed by atoms with Crippen LogP contribution >= 0.6 is 11.3 Å². The van der Waals surface area contributed by atoms with E-state index in [2.05, 4.69) is 15.1 Å². The molecule has 3 heterocycles. The van der Waals surface area contributed by atoms with Crippen LogP contribution in [-0.4, -0.2) is 39.5 Å². The van der Waals surface area contributed by atoms with Crippen LogP contribution in [0, 0.1) is 0 Å². The fourth-order valence-corrected chi connectivity index (χ4v) is 4.69. The van der Waals surface area contributed by atoms with E-state index in [0.717, 1.165) is 23.5 Å². The van der Waals surface area contributed by atoms with Crippen LogP contribution in [0.5, 0.6) is 0 Å². The molecule has 0 saturated carbocycles. The Morgan fingerprint density at radius 1 is 1.13 bits per heavy atom. The number of anilines is 1. The highest BCUT2D eigenvalue weighted by atomic mass is 32.1. The zero-order valence-electron chi connectivity index (χ0n) is 16.3. The van der Waals surface area contributed by atoms with Crippen molar-refractivity contribution in [2.75, 3.05) is 24.7 Å². The highest BCUT2D eigenvalue weighted by molar-refractivity contribution is 7.22. The molecule has 4 aromatic rings. The van der Waals surface area contributed by atoms with Gasteiger partial charge in [0.25, 0.3) is 0 Å². The summed E-state index contributed by atoms with van der Waals surface area (Å²) in [6, 6.07) is 13.4. The van der Waals surface area contributed by atoms with E-state index < -0.39 is 11.7 Å². The molecule has 2 aromatic carbocycles. The van der Waals surface area contributed by atoms with Crippen molar-refractivity contribution in [2.24, 2.45) is 0 Å². The van der Waals surface area contributed by atoms with Gasteiger partial charge < -0.3 is 9.64 Å². The third-order valence-electron chi connectivity index (χ3n) is 5.20. The Balaban J connectivity index is 1.48. The molecule has 1 unspecified atom stereocenters. The van der Waals surface area contributed by atoms with Crippen LogP contribution in [-0.2, 0) is 17.5 Å². The molecule has 1 aliphatic heterocycles. The number of fused-ring (bicyclic) bond motifs is 1. The number of nitrogens with zero attached hydrogens (tertiary/aromatic N) is 5. The van der Waals surface area contributed by atoms with Crippen LogP contribution in [0.1, 0.15) is 23.0 Å². The molecule has 6 nitrogen and oxygen atoms in total. The van der Waals surface area contributed by atoms with Crippen LogP contribution < -0.4 is 4.90 Å². The Morgan fingerprint density at radius 3 is 2.77 bits per heavy atom. The molecule has 0 aliphatic carbocycles. The van der Waals surface area contributed by atoms with Crippen molar-refractivity contribution < 1.29 is 17.9 Å². The Hall–Kier alpha value is -2.98. The molecule has 1 atom stereocenters. The first-order valence-corrected chi connectivity index (χ1v) is 10.5. The molecule has 0 N–H and O–H groups in total. The summed E-state index contributed by atoms with van der Waals surface area (Å²) in [6.07, 6.45) is -2.88. The first kappa shape index (κ1) is 20.0. The summed E-state index contributed by atoms with van der Waals surface area (Å²) < 4.78 is 47.5. The fourth-order valence-electron chi connectivity index (χ4n) is 3.67. The molecule has 5 rings (SSSR count). The van der Waals surface area contributed by atoms with Crippen LogP contribution in [0.15, 0.2) is 54.9 Å². The van der Waals surface area contributed by atoms with E-state index >= 15 is 0 Å². The lowest BCUT2D eigenvalue weighted by Crippen LogP contribution is -2.41. The summed E-state index contributed by atoms with van der Waals surface area (Å²) in [5.74, 6) is 0.735. The molecule has 1 aliphatic rings. The molecule has 2 aromatic heterocycles. The lowest BCUT2D eigenvalue weighted by molar-refractivity contribution is -0.137. The summed E-state index contributed by atoms with van der Waals surface area (Å²) in [6.45, 7) is 2.04. The molecule has 160 valence electrons. The van der Waals surface area contributed by atoms with Crippen molar-refractivity contribution in [3.8, 4) is 0 Å². The van der Waals surface area contributed by atoms with Crippen molar-refractivity contribution in [1.82, 2.24) is 19.7 Å². The van der Waals surface area contributed by atoms with Gasteiger partial charge in [0.2, 0.25) is 0 Å². The first-order chi connectivity index (χ1) is 15.0. The second-order valence-electron chi connectivity index (χ2n) is 7.22. The van der Waals surface area contributed by atoms with Crippen LogP contribution in [0.2, 0.25) is 0 Å². The van der Waals surface area contributed by atoms with Crippen molar-refractivity contribution in [1.29, 1.82) is 0 Å². The zero-order valence-corrected chi connectivity index (χ0v) is 17.1. The SMILES string of the molecule is FC(F)(F)c1ccc2sc(N3CCOCC3c3ncnn3Cc3ccccc3)nc2c1. The quantitative estimate of drug-likeness (QED) is 0.462. The molecule has 0 spiro atoms. The average Bonchev–Trinajstić information content (AvgIpc) is 3.40. The largest absolute Gasteiger partial charge is 0.416 e. The maximum absolute atomic E-state index is 13.1. The summed E-state index contributed by atoms with van der Waals surface area (Å²) in [4.78, 5) is 11.0. The Kier molecular flexibility index (Phi) is 5.11. The van der Waals surface area contributed by atoms with Crippen molar-refractivity contribution >= 4 is 26.7 Å². The number of thiazole rings is 1. The topological polar surface area (TPSA) is 56.1 Å². The van der Waals surface area contributed by atoms with E-state index in [0.29, 0.717) is 41.7 Å². The zero-order chi connectivity index (χ0) is 21.4. The van der Waals surface area contributed by atoms with E-state index in [1.807, 2.05) is 39.9 Å². The van der Waals surface area contributed by atoms with Gasteiger partial charge in [0.15, 0.2) is 11.0 Å². The molecule has 0 radical (unpaired) electrons. The maximum atomic E-state index is 13.1. The van der Waals surface area contributed by atoms with Gasteiger partial charge in [0.1, 0.15) is 12.4 Å².